The molecule has 2 aromatic heterocycles. The minimum atomic E-state index is -3.31. The maximum atomic E-state index is 13.0. The third kappa shape index (κ3) is 6.29. The maximum absolute atomic E-state index is 13.0. The Morgan fingerprint density at radius 3 is 2.57 bits per heavy atom. The fourth-order valence-corrected chi connectivity index (χ4v) is 4.20. The Morgan fingerprint density at radius 1 is 1.22 bits per heavy atom. The van der Waals surface area contributed by atoms with Crippen LogP contribution in [-0.4, -0.2) is 56.3 Å². The van der Waals surface area contributed by atoms with Crippen LogP contribution in [0, 0.1) is 0 Å². The van der Waals surface area contributed by atoms with E-state index in [-0.39, 0.29) is 35.3 Å². The summed E-state index contributed by atoms with van der Waals surface area (Å²) in [5.41, 5.74) is 6.43. The summed E-state index contributed by atoms with van der Waals surface area (Å²) in [5, 5.41) is 10.2. The minimum Gasteiger partial charge on any atom is -0.433 e. The number of primary amides is 1. The molecule has 37 heavy (non-hydrogen) atoms. The number of anilines is 3. The second-order valence-electron chi connectivity index (χ2n) is 8.91. The summed E-state index contributed by atoms with van der Waals surface area (Å²) in [6, 6.07) is 5.16. The Hall–Kier alpha value is -4.29. The average Bonchev–Trinajstić information content (AvgIpc) is 3.24. The summed E-state index contributed by atoms with van der Waals surface area (Å²) in [7, 11) is 1.76. The Kier molecular flexibility index (Phi) is 7.23. The van der Waals surface area contributed by atoms with Crippen LogP contribution < -0.4 is 26.0 Å². The third-order valence-corrected chi connectivity index (χ3v) is 5.97. The first kappa shape index (κ1) is 25.8. The highest BCUT2D eigenvalue weighted by atomic mass is 19.3. The number of aromatic nitrogens is 4. The van der Waals surface area contributed by atoms with Crippen molar-refractivity contribution in [1.29, 1.82) is 0 Å². The zero-order valence-corrected chi connectivity index (χ0v) is 20.6. The van der Waals surface area contributed by atoms with E-state index < -0.39 is 12.0 Å². The number of rotatable bonds is 8. The number of carbonyl (C=O) groups is 2. The molecule has 0 bridgehead atoms. The highest BCUT2D eigenvalue weighted by Crippen LogP contribution is 2.27. The van der Waals surface area contributed by atoms with Crippen LogP contribution in [-0.2, 0) is 7.05 Å². The van der Waals surface area contributed by atoms with Crippen LogP contribution in [0.3, 0.4) is 0 Å². The molecule has 1 saturated heterocycles. The Morgan fingerprint density at radius 2 is 1.95 bits per heavy atom. The molecular formula is C24H28F2N8O3. The molecule has 0 radical (unpaired) electrons. The van der Waals surface area contributed by atoms with E-state index in [1.165, 1.54) is 30.5 Å². The van der Waals surface area contributed by atoms with E-state index in [4.69, 9.17) is 5.73 Å². The van der Waals surface area contributed by atoms with Gasteiger partial charge < -0.3 is 26.0 Å². The van der Waals surface area contributed by atoms with Crippen molar-refractivity contribution in [2.24, 2.45) is 12.8 Å². The Bertz CT molecular complexity index is 1280. The van der Waals surface area contributed by atoms with E-state index in [0.29, 0.717) is 30.5 Å². The van der Waals surface area contributed by atoms with Crippen LogP contribution in [0.5, 0.6) is 5.75 Å². The average molecular weight is 515 g/mol. The molecule has 2 amide bonds. The number of carbonyl (C=O) groups excluding carboxylic acids is 2. The maximum Gasteiger partial charge on any atom is 0.394 e. The van der Waals surface area contributed by atoms with E-state index in [1.807, 2.05) is 11.8 Å². The number of halogens is 2. The fourth-order valence-electron chi connectivity index (χ4n) is 4.20. The topological polar surface area (TPSA) is 140 Å². The lowest BCUT2D eigenvalue weighted by Gasteiger charge is -2.40. The zero-order chi connectivity index (χ0) is 26.7. The van der Waals surface area contributed by atoms with Gasteiger partial charge in [0.15, 0.2) is 11.5 Å². The Balaban J connectivity index is 1.49. The van der Waals surface area contributed by atoms with Gasteiger partial charge in [-0.3, -0.25) is 14.3 Å². The third-order valence-electron chi connectivity index (χ3n) is 5.97. The van der Waals surface area contributed by atoms with Gasteiger partial charge in [0.2, 0.25) is 0 Å². The normalized spacial score (nSPS) is 17.8. The van der Waals surface area contributed by atoms with Gasteiger partial charge in [0.1, 0.15) is 11.6 Å². The molecule has 11 nitrogen and oxygen atoms in total. The van der Waals surface area contributed by atoms with E-state index in [2.05, 4.69) is 30.4 Å². The first-order valence-electron chi connectivity index (χ1n) is 11.7. The van der Waals surface area contributed by atoms with Crippen molar-refractivity contribution >= 4 is 29.1 Å². The number of hydrogen-bond donors (Lipinski definition) is 3. The van der Waals surface area contributed by atoms with Crippen molar-refractivity contribution in [1.82, 2.24) is 25.1 Å². The molecule has 1 aliphatic rings. The molecule has 196 valence electrons. The molecule has 0 saturated carbocycles. The quantitative estimate of drug-likeness (QED) is 0.417. The SMILES string of the molecule is C[C@@H]1[C@H](NC(=O)c2ccc(OC(C)(F)F)cc2)CCCN1c1cnc(C(N)=O)c(Nc2cnn(C)c2)n1. The minimum absolute atomic E-state index is 0.00428. The molecule has 13 heteroatoms. The van der Waals surface area contributed by atoms with Crippen LogP contribution in [0.4, 0.5) is 26.1 Å². The summed E-state index contributed by atoms with van der Waals surface area (Å²) in [4.78, 5) is 35.6. The standard InChI is InChI=1S/C24H28F2N8O3/c1-14-18(31-23(36)15-6-8-17(9-7-15)37-24(2,25)26)5-4-10-34(14)19-12-28-20(21(27)35)22(32-19)30-16-11-29-33(3)13-16/h6-9,11-14,18H,4-5,10H2,1-3H3,(H2,27,35)(H,30,32)(H,31,36)/t14-,18-/m1/s1. The van der Waals surface area contributed by atoms with E-state index in [1.54, 1.807) is 24.1 Å². The summed E-state index contributed by atoms with van der Waals surface area (Å²) in [6.07, 6.45) is 2.99. The van der Waals surface area contributed by atoms with Crippen LogP contribution >= 0.6 is 0 Å². The lowest BCUT2D eigenvalue weighted by atomic mass is 9.97. The van der Waals surface area contributed by atoms with Crippen molar-refractivity contribution in [2.75, 3.05) is 16.8 Å². The molecule has 1 aliphatic heterocycles. The molecule has 0 spiro atoms. The second-order valence-corrected chi connectivity index (χ2v) is 8.91. The van der Waals surface area contributed by atoms with Gasteiger partial charge in [0, 0.05) is 44.4 Å². The molecule has 0 unspecified atom stereocenters. The number of ether oxygens (including phenoxy) is 1. The van der Waals surface area contributed by atoms with Crippen molar-refractivity contribution in [3.63, 3.8) is 0 Å². The highest BCUT2D eigenvalue weighted by Gasteiger charge is 2.31. The first-order valence-corrected chi connectivity index (χ1v) is 11.7. The molecule has 0 aliphatic carbocycles. The number of hydrogen-bond acceptors (Lipinski definition) is 8. The summed E-state index contributed by atoms with van der Waals surface area (Å²) in [5.74, 6) is -0.361. The molecule has 2 atom stereocenters. The highest BCUT2D eigenvalue weighted by molar-refractivity contribution is 5.96. The van der Waals surface area contributed by atoms with E-state index in [0.717, 1.165) is 12.8 Å². The van der Waals surface area contributed by atoms with E-state index >= 15 is 0 Å². The molecular weight excluding hydrogens is 486 g/mol. The van der Waals surface area contributed by atoms with Gasteiger partial charge in [-0.1, -0.05) is 0 Å². The van der Waals surface area contributed by atoms with Gasteiger partial charge in [0.25, 0.3) is 11.8 Å². The lowest BCUT2D eigenvalue weighted by Crippen LogP contribution is -2.54. The number of nitrogens with two attached hydrogens (primary N) is 1. The number of aryl methyl sites for hydroxylation is 1. The van der Waals surface area contributed by atoms with E-state index in [9.17, 15) is 18.4 Å². The van der Waals surface area contributed by atoms with Crippen LogP contribution in [0.25, 0.3) is 0 Å². The van der Waals surface area contributed by atoms with Crippen molar-refractivity contribution in [2.45, 2.75) is 44.9 Å². The number of nitrogens with one attached hydrogen (secondary N) is 2. The summed E-state index contributed by atoms with van der Waals surface area (Å²) >= 11 is 0. The molecule has 1 aromatic carbocycles. The van der Waals surface area contributed by atoms with Crippen molar-refractivity contribution in [3.8, 4) is 5.75 Å². The van der Waals surface area contributed by atoms with Gasteiger partial charge in [-0.25, -0.2) is 9.97 Å². The number of benzene rings is 1. The van der Waals surface area contributed by atoms with Gasteiger partial charge in [-0.05, 0) is 44.0 Å². The first-order chi connectivity index (χ1) is 17.5. The smallest absolute Gasteiger partial charge is 0.394 e. The number of piperidine rings is 1. The van der Waals surface area contributed by atoms with Crippen molar-refractivity contribution < 1.29 is 23.1 Å². The number of amides is 2. The molecule has 4 rings (SSSR count). The zero-order valence-electron chi connectivity index (χ0n) is 20.6. The fraction of sp³-hybridized carbons (Fsp3) is 0.375. The van der Waals surface area contributed by atoms with Crippen LogP contribution in [0.1, 0.15) is 47.5 Å². The molecule has 1 fully saturated rings. The Labute approximate surface area is 212 Å². The van der Waals surface area contributed by atoms with Gasteiger partial charge >= 0.3 is 6.11 Å². The largest absolute Gasteiger partial charge is 0.433 e. The lowest BCUT2D eigenvalue weighted by molar-refractivity contribution is -0.158. The summed E-state index contributed by atoms with van der Waals surface area (Å²) < 4.78 is 32.2. The second kappa shape index (κ2) is 10.4. The molecule has 4 N–H and O–H groups in total. The molecule has 3 aromatic rings. The number of alkyl halides is 2. The van der Waals surface area contributed by atoms with Gasteiger partial charge in [-0.15, -0.1) is 0 Å². The molecule has 3 heterocycles. The van der Waals surface area contributed by atoms with Gasteiger partial charge in [0.05, 0.1) is 18.1 Å². The van der Waals surface area contributed by atoms with Crippen LogP contribution in [0.2, 0.25) is 0 Å². The summed E-state index contributed by atoms with van der Waals surface area (Å²) in [6.45, 7) is 3.28. The predicted octanol–water partition coefficient (Wildman–Crippen LogP) is 2.83. The monoisotopic (exact) mass is 514 g/mol. The van der Waals surface area contributed by atoms with Crippen molar-refractivity contribution in [3.05, 3.63) is 54.1 Å². The van der Waals surface area contributed by atoms with Crippen LogP contribution in [0.15, 0.2) is 42.9 Å². The number of nitrogens with zero attached hydrogens (tertiary/aromatic N) is 5. The van der Waals surface area contributed by atoms with Gasteiger partial charge in [-0.2, -0.15) is 13.9 Å². The predicted molar refractivity (Wildman–Crippen MR) is 132 cm³/mol.